The molecule has 0 bridgehead atoms. The molecular weight excluding hydrogens is 296 g/mol. The van der Waals surface area contributed by atoms with Gasteiger partial charge in [0.05, 0.1) is 6.04 Å². The summed E-state index contributed by atoms with van der Waals surface area (Å²) in [5.41, 5.74) is 6.11. The van der Waals surface area contributed by atoms with Gasteiger partial charge in [0.15, 0.2) is 0 Å². The molecule has 0 amide bonds. The fourth-order valence-electron chi connectivity index (χ4n) is 3.46. The molecule has 3 aromatic rings. The van der Waals surface area contributed by atoms with Crippen LogP contribution >= 0.6 is 0 Å². The van der Waals surface area contributed by atoms with Crippen LogP contribution in [0.2, 0.25) is 0 Å². The summed E-state index contributed by atoms with van der Waals surface area (Å²) < 4.78 is 2.23. The standard InChI is InChI=1S/C21H24N2O/c1-14-18(13-19(22-3)15(2)24)21-17(16-9-6-5-7-10-16)11-8-12-20(21)23(14)4/h5-12,19,22H,13H2,1-4H3. The van der Waals surface area contributed by atoms with Crippen molar-refractivity contribution in [3.05, 3.63) is 59.8 Å². The second-order valence-electron chi connectivity index (χ2n) is 6.34. The molecule has 3 nitrogen and oxygen atoms in total. The second-order valence-corrected chi connectivity index (χ2v) is 6.34. The number of fused-ring (bicyclic) bond motifs is 1. The van der Waals surface area contributed by atoms with Crippen LogP contribution in [0.25, 0.3) is 22.0 Å². The molecule has 3 rings (SSSR count). The van der Waals surface area contributed by atoms with E-state index in [0.29, 0.717) is 6.42 Å². The van der Waals surface area contributed by atoms with Gasteiger partial charge in [-0.15, -0.1) is 0 Å². The Kier molecular flexibility index (Phi) is 4.54. The van der Waals surface area contributed by atoms with E-state index in [2.05, 4.69) is 66.3 Å². The molecule has 0 saturated carbocycles. The molecule has 2 aromatic carbocycles. The van der Waals surface area contributed by atoms with Gasteiger partial charge in [-0.3, -0.25) is 4.79 Å². The summed E-state index contributed by atoms with van der Waals surface area (Å²) in [7, 11) is 3.95. The van der Waals surface area contributed by atoms with Crippen LogP contribution in [-0.2, 0) is 18.3 Å². The minimum atomic E-state index is -0.155. The van der Waals surface area contributed by atoms with E-state index in [1.54, 1.807) is 6.92 Å². The Labute approximate surface area is 143 Å². The average Bonchev–Trinajstić information content (AvgIpc) is 2.84. The largest absolute Gasteiger partial charge is 0.348 e. The van der Waals surface area contributed by atoms with Gasteiger partial charge in [0.1, 0.15) is 5.78 Å². The van der Waals surface area contributed by atoms with Crippen molar-refractivity contribution in [2.75, 3.05) is 7.05 Å². The molecule has 1 heterocycles. The first kappa shape index (κ1) is 16.5. The van der Waals surface area contributed by atoms with Crippen molar-refractivity contribution in [3.63, 3.8) is 0 Å². The quantitative estimate of drug-likeness (QED) is 0.774. The van der Waals surface area contributed by atoms with E-state index in [9.17, 15) is 4.79 Å². The maximum Gasteiger partial charge on any atom is 0.147 e. The third kappa shape index (κ3) is 2.76. The number of aromatic nitrogens is 1. The molecule has 0 aliphatic rings. The number of carbonyl (C=O) groups excluding carboxylic acids is 1. The monoisotopic (exact) mass is 320 g/mol. The Morgan fingerprint density at radius 2 is 1.83 bits per heavy atom. The SMILES string of the molecule is CNC(Cc1c(C)n(C)c2cccc(-c3ccccc3)c12)C(C)=O. The third-order valence-electron chi connectivity index (χ3n) is 4.98. The average molecular weight is 320 g/mol. The Morgan fingerprint density at radius 1 is 1.12 bits per heavy atom. The number of carbonyl (C=O) groups is 1. The molecule has 0 spiro atoms. The van der Waals surface area contributed by atoms with E-state index in [1.165, 1.54) is 33.3 Å². The summed E-state index contributed by atoms with van der Waals surface area (Å²) in [6.07, 6.45) is 0.707. The van der Waals surface area contributed by atoms with Crippen molar-refractivity contribution in [2.24, 2.45) is 7.05 Å². The van der Waals surface area contributed by atoms with Gasteiger partial charge >= 0.3 is 0 Å². The molecule has 0 fully saturated rings. The maximum atomic E-state index is 11.9. The molecule has 1 atom stereocenters. The molecule has 24 heavy (non-hydrogen) atoms. The number of benzene rings is 2. The van der Waals surface area contributed by atoms with Crippen molar-refractivity contribution >= 4 is 16.7 Å². The van der Waals surface area contributed by atoms with Crippen LogP contribution in [0, 0.1) is 6.92 Å². The second kappa shape index (κ2) is 6.62. The topological polar surface area (TPSA) is 34.0 Å². The molecule has 0 aliphatic heterocycles. The zero-order chi connectivity index (χ0) is 17.3. The number of hydrogen-bond acceptors (Lipinski definition) is 2. The van der Waals surface area contributed by atoms with Crippen molar-refractivity contribution < 1.29 is 4.79 Å². The number of rotatable bonds is 5. The normalized spacial score (nSPS) is 12.5. The lowest BCUT2D eigenvalue weighted by Gasteiger charge is -2.14. The fourth-order valence-corrected chi connectivity index (χ4v) is 3.46. The van der Waals surface area contributed by atoms with Gasteiger partial charge in [0.25, 0.3) is 0 Å². The number of likely N-dealkylation sites (N-methyl/N-ethyl adjacent to an activating group) is 1. The number of aryl methyl sites for hydroxylation is 1. The first-order valence-corrected chi connectivity index (χ1v) is 8.34. The van der Waals surface area contributed by atoms with Gasteiger partial charge < -0.3 is 9.88 Å². The summed E-state index contributed by atoms with van der Waals surface area (Å²) >= 11 is 0. The Hall–Kier alpha value is -2.39. The Morgan fingerprint density at radius 3 is 2.46 bits per heavy atom. The van der Waals surface area contributed by atoms with E-state index in [0.717, 1.165) is 0 Å². The first-order chi connectivity index (χ1) is 11.5. The molecule has 124 valence electrons. The van der Waals surface area contributed by atoms with E-state index in [-0.39, 0.29) is 11.8 Å². The van der Waals surface area contributed by atoms with Crippen LogP contribution < -0.4 is 5.32 Å². The van der Waals surface area contributed by atoms with Gasteiger partial charge in [-0.2, -0.15) is 0 Å². The van der Waals surface area contributed by atoms with Crippen LogP contribution in [0.1, 0.15) is 18.2 Å². The summed E-state index contributed by atoms with van der Waals surface area (Å²) in [6.45, 7) is 3.79. The predicted octanol–water partition coefficient (Wildman–Crippen LogP) is 3.87. The lowest BCUT2D eigenvalue weighted by atomic mass is 9.94. The zero-order valence-electron chi connectivity index (χ0n) is 14.8. The highest BCUT2D eigenvalue weighted by atomic mass is 16.1. The van der Waals surface area contributed by atoms with Gasteiger partial charge in [-0.1, -0.05) is 42.5 Å². The minimum Gasteiger partial charge on any atom is -0.348 e. The van der Waals surface area contributed by atoms with E-state index in [1.807, 2.05) is 13.1 Å². The Balaban J connectivity index is 2.25. The van der Waals surface area contributed by atoms with Crippen LogP contribution in [0.5, 0.6) is 0 Å². The summed E-state index contributed by atoms with van der Waals surface area (Å²) in [4.78, 5) is 11.9. The van der Waals surface area contributed by atoms with Crippen molar-refractivity contribution in [2.45, 2.75) is 26.3 Å². The lowest BCUT2D eigenvalue weighted by molar-refractivity contribution is -0.118. The summed E-state index contributed by atoms with van der Waals surface area (Å²) in [6, 6.07) is 16.7. The van der Waals surface area contributed by atoms with E-state index < -0.39 is 0 Å². The zero-order valence-corrected chi connectivity index (χ0v) is 14.8. The lowest BCUT2D eigenvalue weighted by Crippen LogP contribution is -2.34. The molecule has 0 radical (unpaired) electrons. The highest BCUT2D eigenvalue weighted by Gasteiger charge is 2.20. The third-order valence-corrected chi connectivity index (χ3v) is 4.98. The van der Waals surface area contributed by atoms with Gasteiger partial charge in [-0.05, 0) is 50.1 Å². The number of ketones is 1. The van der Waals surface area contributed by atoms with E-state index >= 15 is 0 Å². The van der Waals surface area contributed by atoms with Crippen LogP contribution in [0.15, 0.2) is 48.5 Å². The fraction of sp³-hybridized carbons (Fsp3) is 0.286. The number of nitrogens with one attached hydrogen (secondary N) is 1. The Bertz CT molecular complexity index is 878. The summed E-state index contributed by atoms with van der Waals surface area (Å²) in [5.74, 6) is 0.172. The molecule has 0 saturated heterocycles. The van der Waals surface area contributed by atoms with E-state index in [4.69, 9.17) is 0 Å². The van der Waals surface area contributed by atoms with Gasteiger partial charge in [0.2, 0.25) is 0 Å². The molecule has 1 N–H and O–H groups in total. The van der Waals surface area contributed by atoms with Crippen LogP contribution in [-0.4, -0.2) is 23.4 Å². The first-order valence-electron chi connectivity index (χ1n) is 8.34. The smallest absolute Gasteiger partial charge is 0.147 e. The summed E-state index contributed by atoms with van der Waals surface area (Å²) in [5, 5.41) is 4.41. The highest BCUT2D eigenvalue weighted by molar-refractivity contribution is 5.99. The van der Waals surface area contributed by atoms with Crippen molar-refractivity contribution in [1.82, 2.24) is 9.88 Å². The van der Waals surface area contributed by atoms with Crippen molar-refractivity contribution in [1.29, 1.82) is 0 Å². The molecule has 1 unspecified atom stereocenters. The van der Waals surface area contributed by atoms with Crippen molar-refractivity contribution in [3.8, 4) is 11.1 Å². The number of hydrogen-bond donors (Lipinski definition) is 1. The van der Waals surface area contributed by atoms with Crippen LogP contribution in [0.3, 0.4) is 0 Å². The molecule has 1 aromatic heterocycles. The maximum absolute atomic E-state index is 11.9. The highest BCUT2D eigenvalue weighted by Crippen LogP contribution is 2.35. The van der Waals surface area contributed by atoms with Gasteiger partial charge in [-0.25, -0.2) is 0 Å². The minimum absolute atomic E-state index is 0.155. The predicted molar refractivity (Wildman–Crippen MR) is 100 cm³/mol. The van der Waals surface area contributed by atoms with Crippen LogP contribution in [0.4, 0.5) is 0 Å². The number of Topliss-reactive ketones (excluding diaryl/α,β-unsaturated/α-hetero) is 1. The molecule has 0 aliphatic carbocycles. The van der Waals surface area contributed by atoms with Gasteiger partial charge in [0, 0.05) is 23.6 Å². The molecule has 3 heteroatoms. The molecular formula is C21H24N2O. The number of nitrogens with zero attached hydrogens (tertiary/aromatic N) is 1.